The zero-order chi connectivity index (χ0) is 24.3. The summed E-state index contributed by atoms with van der Waals surface area (Å²) in [6, 6.07) is 17.8. The summed E-state index contributed by atoms with van der Waals surface area (Å²) < 4.78 is 32.7. The van der Waals surface area contributed by atoms with Crippen molar-refractivity contribution in [3.8, 4) is 0 Å². The molecule has 1 aliphatic heterocycles. The molecule has 0 bridgehead atoms. The highest BCUT2D eigenvalue weighted by Crippen LogP contribution is 2.35. The average molecular weight is 480 g/mol. The Kier molecular flexibility index (Phi) is 6.56. The molecule has 3 aromatic carbocycles. The van der Waals surface area contributed by atoms with Crippen LogP contribution in [0.1, 0.15) is 28.4 Å². The number of urea groups is 1. The number of carbonyl (C=O) groups is 2. The van der Waals surface area contributed by atoms with Crippen molar-refractivity contribution in [2.24, 2.45) is 0 Å². The Bertz CT molecular complexity index is 1320. The molecule has 0 unspecified atom stereocenters. The summed E-state index contributed by atoms with van der Waals surface area (Å²) in [6.07, 6.45) is 0.597. The summed E-state index contributed by atoms with van der Waals surface area (Å²) in [5.41, 5.74) is 3.78. The van der Waals surface area contributed by atoms with Gasteiger partial charge in [0.05, 0.1) is 22.8 Å². The van der Waals surface area contributed by atoms with Crippen LogP contribution < -0.4 is 14.9 Å². The molecule has 2 N–H and O–H groups in total. The van der Waals surface area contributed by atoms with Crippen LogP contribution >= 0.6 is 0 Å². The molecule has 0 atom stereocenters. The SMILES string of the molecule is CCOC(=O)c1ccc(NC(=O)Nc2ccc3c(c2)N(S(=O)(=O)c2ccc(C)cc2)CC3)cc1. The summed E-state index contributed by atoms with van der Waals surface area (Å²) >= 11 is 0. The number of hydrogen-bond acceptors (Lipinski definition) is 5. The third kappa shape index (κ3) is 4.89. The van der Waals surface area contributed by atoms with E-state index in [-0.39, 0.29) is 11.5 Å². The van der Waals surface area contributed by atoms with Gasteiger partial charge >= 0.3 is 12.0 Å². The Labute approximate surface area is 198 Å². The number of fused-ring (bicyclic) bond motifs is 1. The number of hydrogen-bond donors (Lipinski definition) is 2. The minimum Gasteiger partial charge on any atom is -0.462 e. The Morgan fingerprint density at radius 3 is 2.26 bits per heavy atom. The molecule has 2 amide bonds. The molecule has 0 aliphatic carbocycles. The van der Waals surface area contributed by atoms with Crippen LogP contribution in [0, 0.1) is 6.92 Å². The topological polar surface area (TPSA) is 105 Å². The standard InChI is InChI=1S/C25H25N3O5S/c1-3-33-24(29)19-7-9-20(10-8-19)26-25(30)27-21-11-6-18-14-15-28(23(18)16-21)34(31,32)22-12-4-17(2)5-13-22/h4-13,16H,3,14-15H2,1-2H3,(H2,26,27,30). The van der Waals surface area contributed by atoms with Crippen LogP contribution in [-0.4, -0.2) is 33.6 Å². The highest BCUT2D eigenvalue weighted by Gasteiger charge is 2.31. The lowest BCUT2D eigenvalue weighted by molar-refractivity contribution is 0.0526. The number of nitrogens with one attached hydrogen (secondary N) is 2. The fourth-order valence-electron chi connectivity index (χ4n) is 3.71. The smallest absolute Gasteiger partial charge is 0.338 e. The van der Waals surface area contributed by atoms with Crippen LogP contribution in [0.3, 0.4) is 0 Å². The van der Waals surface area contributed by atoms with E-state index in [0.717, 1.165) is 11.1 Å². The number of rotatable bonds is 6. The second kappa shape index (κ2) is 9.56. The second-order valence-corrected chi connectivity index (χ2v) is 9.72. The fourth-order valence-corrected chi connectivity index (χ4v) is 5.21. The summed E-state index contributed by atoms with van der Waals surface area (Å²) in [7, 11) is -3.71. The van der Waals surface area contributed by atoms with Crippen molar-refractivity contribution in [3.05, 3.63) is 83.4 Å². The maximum absolute atomic E-state index is 13.2. The van der Waals surface area contributed by atoms with Crippen molar-refractivity contribution in [1.82, 2.24) is 0 Å². The summed E-state index contributed by atoms with van der Waals surface area (Å²) in [4.78, 5) is 24.5. The van der Waals surface area contributed by atoms with Gasteiger partial charge in [-0.2, -0.15) is 0 Å². The maximum Gasteiger partial charge on any atom is 0.338 e. The van der Waals surface area contributed by atoms with Crippen LogP contribution in [0.25, 0.3) is 0 Å². The van der Waals surface area contributed by atoms with Gasteiger partial charge in [0.15, 0.2) is 0 Å². The van der Waals surface area contributed by atoms with E-state index in [0.29, 0.717) is 35.6 Å². The fraction of sp³-hybridized carbons (Fsp3) is 0.200. The van der Waals surface area contributed by atoms with Gasteiger partial charge in [-0.05, 0) is 74.4 Å². The van der Waals surface area contributed by atoms with E-state index in [1.807, 2.05) is 13.0 Å². The third-order valence-corrected chi connectivity index (χ3v) is 7.29. The van der Waals surface area contributed by atoms with Gasteiger partial charge in [-0.15, -0.1) is 0 Å². The molecule has 3 aromatic rings. The Morgan fingerprint density at radius 2 is 1.59 bits per heavy atom. The third-order valence-electron chi connectivity index (χ3n) is 5.46. The minimum absolute atomic E-state index is 0.230. The molecule has 8 nitrogen and oxygen atoms in total. The zero-order valence-corrected chi connectivity index (χ0v) is 19.7. The molecule has 0 saturated carbocycles. The van der Waals surface area contributed by atoms with E-state index in [1.54, 1.807) is 67.6 Å². The van der Waals surface area contributed by atoms with E-state index in [4.69, 9.17) is 4.74 Å². The van der Waals surface area contributed by atoms with Crippen LogP contribution in [-0.2, 0) is 21.2 Å². The Morgan fingerprint density at radius 1 is 0.941 bits per heavy atom. The number of amides is 2. The van der Waals surface area contributed by atoms with Crippen LogP contribution in [0.2, 0.25) is 0 Å². The van der Waals surface area contributed by atoms with E-state index in [1.165, 1.54) is 4.31 Å². The maximum atomic E-state index is 13.2. The number of nitrogens with zero attached hydrogens (tertiary/aromatic N) is 1. The first kappa shape index (κ1) is 23.3. The first-order chi connectivity index (χ1) is 16.3. The number of anilines is 3. The molecular formula is C25H25N3O5S. The van der Waals surface area contributed by atoms with Gasteiger partial charge in [-0.1, -0.05) is 23.8 Å². The predicted octanol–water partition coefficient (Wildman–Crippen LogP) is 4.57. The van der Waals surface area contributed by atoms with E-state index < -0.39 is 22.0 Å². The quantitative estimate of drug-likeness (QED) is 0.504. The number of sulfonamides is 1. The minimum atomic E-state index is -3.71. The lowest BCUT2D eigenvalue weighted by Crippen LogP contribution is -2.29. The molecular weight excluding hydrogens is 454 g/mol. The van der Waals surface area contributed by atoms with Crippen molar-refractivity contribution in [3.63, 3.8) is 0 Å². The van der Waals surface area contributed by atoms with E-state index >= 15 is 0 Å². The highest BCUT2D eigenvalue weighted by molar-refractivity contribution is 7.92. The zero-order valence-electron chi connectivity index (χ0n) is 18.9. The van der Waals surface area contributed by atoms with Gasteiger partial charge in [0.1, 0.15) is 0 Å². The lowest BCUT2D eigenvalue weighted by atomic mass is 10.1. The molecule has 34 heavy (non-hydrogen) atoms. The largest absolute Gasteiger partial charge is 0.462 e. The van der Waals surface area contributed by atoms with Crippen LogP contribution in [0.15, 0.2) is 71.6 Å². The predicted molar refractivity (Wildman–Crippen MR) is 131 cm³/mol. The van der Waals surface area contributed by atoms with Gasteiger partial charge in [0.2, 0.25) is 0 Å². The van der Waals surface area contributed by atoms with Gasteiger partial charge in [0, 0.05) is 17.9 Å². The number of ether oxygens (including phenoxy) is 1. The van der Waals surface area contributed by atoms with Crippen molar-refractivity contribution in [2.75, 3.05) is 28.1 Å². The van der Waals surface area contributed by atoms with Crippen molar-refractivity contribution < 1.29 is 22.7 Å². The molecule has 176 valence electrons. The highest BCUT2D eigenvalue weighted by atomic mass is 32.2. The number of esters is 1. The lowest BCUT2D eigenvalue weighted by Gasteiger charge is -2.20. The van der Waals surface area contributed by atoms with E-state index in [9.17, 15) is 18.0 Å². The van der Waals surface area contributed by atoms with Crippen molar-refractivity contribution in [2.45, 2.75) is 25.2 Å². The molecule has 0 spiro atoms. The molecule has 0 aromatic heterocycles. The summed E-state index contributed by atoms with van der Waals surface area (Å²) in [5, 5.41) is 5.43. The number of benzene rings is 3. The molecule has 4 rings (SSSR count). The monoisotopic (exact) mass is 479 g/mol. The molecule has 0 saturated heterocycles. The van der Waals surface area contributed by atoms with Gasteiger partial charge in [-0.3, -0.25) is 4.31 Å². The Hall–Kier alpha value is -3.85. The molecule has 9 heteroatoms. The van der Waals surface area contributed by atoms with Crippen LogP contribution in [0.4, 0.5) is 21.9 Å². The van der Waals surface area contributed by atoms with Crippen LogP contribution in [0.5, 0.6) is 0 Å². The average Bonchev–Trinajstić information content (AvgIpc) is 3.24. The molecule has 0 radical (unpaired) electrons. The summed E-state index contributed by atoms with van der Waals surface area (Å²) in [6.45, 7) is 4.26. The number of aryl methyl sites for hydroxylation is 1. The van der Waals surface area contributed by atoms with Crippen molar-refractivity contribution in [1.29, 1.82) is 0 Å². The van der Waals surface area contributed by atoms with E-state index in [2.05, 4.69) is 10.6 Å². The molecule has 1 aliphatic rings. The molecule has 1 heterocycles. The van der Waals surface area contributed by atoms with Gasteiger partial charge in [0.25, 0.3) is 10.0 Å². The van der Waals surface area contributed by atoms with Gasteiger partial charge in [-0.25, -0.2) is 18.0 Å². The first-order valence-corrected chi connectivity index (χ1v) is 12.3. The normalized spacial score (nSPS) is 12.7. The first-order valence-electron chi connectivity index (χ1n) is 10.9. The second-order valence-electron chi connectivity index (χ2n) is 7.86. The summed E-state index contributed by atoms with van der Waals surface area (Å²) in [5.74, 6) is -0.429. The molecule has 0 fully saturated rings. The Balaban J connectivity index is 1.47. The number of carbonyl (C=O) groups excluding carboxylic acids is 2. The van der Waals surface area contributed by atoms with Crippen molar-refractivity contribution >= 4 is 39.1 Å². The van der Waals surface area contributed by atoms with Gasteiger partial charge < -0.3 is 15.4 Å².